The van der Waals surface area contributed by atoms with Crippen LogP contribution in [0.3, 0.4) is 0 Å². The van der Waals surface area contributed by atoms with E-state index in [1.54, 1.807) is 17.0 Å². The molecule has 2 amide bonds. The van der Waals surface area contributed by atoms with Crippen molar-refractivity contribution in [1.82, 2.24) is 9.88 Å². The second-order valence-electron chi connectivity index (χ2n) is 10.4. The molecule has 8 heteroatoms. The SMILES string of the molecule is Cc1[nH]c(/C=C2\C(=O)Nc3ccc(F)cc32)c(C)c1CC(=O)C1CCCN(C(=O)OC(C)(C)C)C1. The topological polar surface area (TPSA) is 91.5 Å². The molecule has 0 aliphatic carbocycles. The third-order valence-corrected chi connectivity index (χ3v) is 6.56. The molecule has 1 atom stereocenters. The van der Waals surface area contributed by atoms with Gasteiger partial charge in [-0.3, -0.25) is 9.59 Å². The van der Waals surface area contributed by atoms with E-state index < -0.39 is 11.4 Å². The van der Waals surface area contributed by atoms with Crippen molar-refractivity contribution in [3.8, 4) is 0 Å². The van der Waals surface area contributed by atoms with Crippen molar-refractivity contribution >= 4 is 35.1 Å². The Hall–Kier alpha value is -3.42. The van der Waals surface area contributed by atoms with Crippen molar-refractivity contribution in [1.29, 1.82) is 0 Å². The molecule has 2 aromatic rings. The Bertz CT molecular complexity index is 1220. The predicted molar refractivity (Wildman–Crippen MR) is 132 cm³/mol. The largest absolute Gasteiger partial charge is 0.444 e. The molecule has 3 heterocycles. The summed E-state index contributed by atoms with van der Waals surface area (Å²) in [5, 5.41) is 2.75. The molecule has 35 heavy (non-hydrogen) atoms. The number of nitrogens with zero attached hydrogens (tertiary/aromatic N) is 1. The number of fused-ring (bicyclic) bond motifs is 1. The summed E-state index contributed by atoms with van der Waals surface area (Å²) in [7, 11) is 0. The highest BCUT2D eigenvalue weighted by Gasteiger charge is 2.32. The molecule has 2 aliphatic rings. The van der Waals surface area contributed by atoms with Gasteiger partial charge in [0, 0.05) is 48.1 Å². The number of ketones is 1. The van der Waals surface area contributed by atoms with E-state index in [1.165, 1.54) is 12.1 Å². The first-order valence-electron chi connectivity index (χ1n) is 11.9. The van der Waals surface area contributed by atoms with E-state index >= 15 is 0 Å². The number of aromatic nitrogens is 1. The normalized spacial score (nSPS) is 19.0. The molecule has 0 radical (unpaired) electrons. The predicted octanol–water partition coefficient (Wildman–Crippen LogP) is 5.02. The highest BCUT2D eigenvalue weighted by atomic mass is 19.1. The molecule has 186 valence electrons. The molecule has 1 fully saturated rings. The van der Waals surface area contributed by atoms with Crippen LogP contribution in [0, 0.1) is 25.6 Å². The Morgan fingerprint density at radius 3 is 2.71 bits per heavy atom. The van der Waals surface area contributed by atoms with Gasteiger partial charge in [-0.2, -0.15) is 0 Å². The van der Waals surface area contributed by atoms with Crippen LogP contribution in [0.1, 0.15) is 61.7 Å². The van der Waals surface area contributed by atoms with Crippen LogP contribution in [0.15, 0.2) is 18.2 Å². The van der Waals surface area contributed by atoms with Gasteiger partial charge in [-0.25, -0.2) is 9.18 Å². The van der Waals surface area contributed by atoms with Gasteiger partial charge in [0.2, 0.25) is 0 Å². The van der Waals surface area contributed by atoms with E-state index in [2.05, 4.69) is 10.3 Å². The number of benzene rings is 1. The Morgan fingerprint density at radius 1 is 1.26 bits per heavy atom. The fourth-order valence-electron chi connectivity index (χ4n) is 4.72. The number of piperidine rings is 1. The monoisotopic (exact) mass is 481 g/mol. The van der Waals surface area contributed by atoms with Crippen molar-refractivity contribution in [3.05, 3.63) is 52.1 Å². The lowest BCUT2D eigenvalue weighted by Crippen LogP contribution is -2.44. The average Bonchev–Trinajstić information content (AvgIpc) is 3.23. The molecule has 1 aromatic heterocycles. The highest BCUT2D eigenvalue weighted by Crippen LogP contribution is 2.34. The quantitative estimate of drug-likeness (QED) is 0.600. The van der Waals surface area contributed by atoms with Crippen LogP contribution in [0.4, 0.5) is 14.9 Å². The van der Waals surface area contributed by atoms with Crippen molar-refractivity contribution in [2.24, 2.45) is 5.92 Å². The number of carbonyl (C=O) groups excluding carboxylic acids is 3. The van der Waals surface area contributed by atoms with E-state index in [1.807, 2.05) is 34.6 Å². The minimum absolute atomic E-state index is 0.0775. The molecule has 2 N–H and O–H groups in total. The number of rotatable bonds is 4. The lowest BCUT2D eigenvalue weighted by molar-refractivity contribution is -0.123. The summed E-state index contributed by atoms with van der Waals surface area (Å²) in [4.78, 5) is 43.1. The Balaban J connectivity index is 1.51. The molecule has 7 nitrogen and oxygen atoms in total. The molecule has 0 bridgehead atoms. The number of aryl methyl sites for hydroxylation is 1. The average molecular weight is 482 g/mol. The highest BCUT2D eigenvalue weighted by molar-refractivity contribution is 6.34. The molecule has 1 unspecified atom stereocenters. The van der Waals surface area contributed by atoms with Gasteiger partial charge >= 0.3 is 6.09 Å². The number of amides is 2. The first-order chi connectivity index (χ1) is 16.4. The number of hydrogen-bond acceptors (Lipinski definition) is 4. The van der Waals surface area contributed by atoms with Gasteiger partial charge in [0.25, 0.3) is 5.91 Å². The maximum atomic E-state index is 13.8. The van der Waals surface area contributed by atoms with E-state index in [-0.39, 0.29) is 30.1 Å². The van der Waals surface area contributed by atoms with Gasteiger partial charge in [-0.15, -0.1) is 0 Å². The number of likely N-dealkylation sites (tertiary alicyclic amines) is 1. The van der Waals surface area contributed by atoms with Gasteiger partial charge in [0.05, 0.1) is 5.57 Å². The molecule has 1 aromatic carbocycles. The molecule has 0 spiro atoms. The number of H-pyrrole nitrogens is 1. The van der Waals surface area contributed by atoms with Crippen LogP contribution < -0.4 is 5.32 Å². The summed E-state index contributed by atoms with van der Waals surface area (Å²) < 4.78 is 19.3. The summed E-state index contributed by atoms with van der Waals surface area (Å²) in [6.07, 6.45) is 3.05. The van der Waals surface area contributed by atoms with Crippen molar-refractivity contribution in [2.75, 3.05) is 18.4 Å². The maximum Gasteiger partial charge on any atom is 0.410 e. The summed E-state index contributed by atoms with van der Waals surface area (Å²) in [6, 6.07) is 4.20. The molecule has 1 saturated heterocycles. The second-order valence-corrected chi connectivity index (χ2v) is 10.4. The van der Waals surface area contributed by atoms with Crippen LogP contribution in [0.2, 0.25) is 0 Å². The van der Waals surface area contributed by atoms with Crippen molar-refractivity contribution in [3.63, 3.8) is 0 Å². The third-order valence-electron chi connectivity index (χ3n) is 6.56. The molecular formula is C27H32FN3O4. The lowest BCUT2D eigenvalue weighted by Gasteiger charge is -2.33. The number of halogens is 1. The summed E-state index contributed by atoms with van der Waals surface area (Å²) >= 11 is 0. The van der Waals surface area contributed by atoms with E-state index in [0.29, 0.717) is 35.6 Å². The number of carbonyl (C=O) groups is 3. The Kier molecular flexibility index (Phi) is 6.58. The lowest BCUT2D eigenvalue weighted by atomic mass is 9.89. The molecule has 2 aliphatic heterocycles. The standard InChI is InChI=1S/C27H32FN3O4/c1-15-19(13-24(32)17-7-6-10-31(14-17)26(34)35-27(3,4)5)16(2)29-23(15)12-21-20-11-18(28)8-9-22(20)30-25(21)33/h8-9,11-12,17,29H,6-7,10,13-14H2,1-5H3,(H,30,33)/b21-12-. The Labute approximate surface area is 204 Å². The fraction of sp³-hybridized carbons (Fsp3) is 0.444. The van der Waals surface area contributed by atoms with Crippen LogP contribution >= 0.6 is 0 Å². The first-order valence-corrected chi connectivity index (χ1v) is 11.9. The number of nitrogens with one attached hydrogen (secondary N) is 2. The van der Waals surface area contributed by atoms with Crippen LogP contribution in [-0.2, 0) is 20.7 Å². The van der Waals surface area contributed by atoms with Crippen molar-refractivity contribution in [2.45, 2.75) is 59.5 Å². The number of aromatic amines is 1. The fourth-order valence-corrected chi connectivity index (χ4v) is 4.72. The number of anilines is 1. The summed E-state index contributed by atoms with van der Waals surface area (Å²) in [6.45, 7) is 10.2. The van der Waals surface area contributed by atoms with Crippen LogP contribution in [0.5, 0.6) is 0 Å². The molecule has 0 saturated carbocycles. The first kappa shape index (κ1) is 24.7. The van der Waals surface area contributed by atoms with Gasteiger partial charge in [0.15, 0.2) is 0 Å². The number of ether oxygens (including phenoxy) is 1. The zero-order chi connectivity index (χ0) is 25.5. The molecule has 4 rings (SSSR count). The maximum absolute atomic E-state index is 13.8. The van der Waals surface area contributed by atoms with E-state index in [0.717, 1.165) is 29.7 Å². The smallest absolute Gasteiger partial charge is 0.410 e. The zero-order valence-electron chi connectivity index (χ0n) is 20.9. The van der Waals surface area contributed by atoms with Crippen LogP contribution in [-0.4, -0.2) is 46.4 Å². The van der Waals surface area contributed by atoms with Gasteiger partial charge in [0.1, 0.15) is 17.2 Å². The number of hydrogen-bond donors (Lipinski definition) is 2. The number of Topliss-reactive ketones (excluding diaryl/α,β-unsaturated/α-hetero) is 1. The van der Waals surface area contributed by atoms with E-state index in [9.17, 15) is 18.8 Å². The second kappa shape index (κ2) is 9.32. The van der Waals surface area contributed by atoms with Gasteiger partial charge in [-0.1, -0.05) is 0 Å². The van der Waals surface area contributed by atoms with E-state index in [4.69, 9.17) is 4.74 Å². The van der Waals surface area contributed by atoms with Crippen LogP contribution in [0.25, 0.3) is 11.6 Å². The summed E-state index contributed by atoms with van der Waals surface area (Å²) in [5.41, 5.74) is 4.21. The van der Waals surface area contributed by atoms with Gasteiger partial charge < -0.3 is 19.9 Å². The minimum atomic E-state index is -0.583. The molecular weight excluding hydrogens is 449 g/mol. The van der Waals surface area contributed by atoms with Crippen molar-refractivity contribution < 1.29 is 23.5 Å². The summed E-state index contributed by atoms with van der Waals surface area (Å²) in [5.74, 6) is -0.875. The zero-order valence-corrected chi connectivity index (χ0v) is 20.9. The van der Waals surface area contributed by atoms with Gasteiger partial charge in [-0.05, 0) is 82.9 Å². The minimum Gasteiger partial charge on any atom is -0.444 e. The Morgan fingerprint density at radius 2 is 2.00 bits per heavy atom. The third kappa shape index (κ3) is 5.31.